The first-order chi connectivity index (χ1) is 9.30. The van der Waals surface area contributed by atoms with Crippen LogP contribution in [0, 0.1) is 23.2 Å². The number of rotatable bonds is 4. The van der Waals surface area contributed by atoms with E-state index in [1.54, 1.807) is 0 Å². The molecule has 4 N–H and O–H groups in total. The predicted molar refractivity (Wildman–Crippen MR) is 77.8 cm³/mol. The molecule has 2 amide bonds. The minimum Gasteiger partial charge on any atom is -0.354 e. The Hall–Kier alpha value is -1.10. The van der Waals surface area contributed by atoms with Crippen molar-refractivity contribution >= 4 is 11.8 Å². The van der Waals surface area contributed by atoms with E-state index in [4.69, 9.17) is 5.73 Å². The number of hydrogen-bond donors (Lipinski definition) is 3. The van der Waals surface area contributed by atoms with Crippen LogP contribution in [0.2, 0.25) is 0 Å². The number of nitrogens with two attached hydrogens (primary N) is 1. The molecule has 0 aromatic carbocycles. The van der Waals surface area contributed by atoms with Gasteiger partial charge in [0.1, 0.15) is 0 Å². The predicted octanol–water partition coefficient (Wildman–Crippen LogP) is 0.638. The Kier molecular flexibility index (Phi) is 4.37. The average Bonchev–Trinajstić information content (AvgIpc) is 2.93. The Labute approximate surface area is 121 Å². The van der Waals surface area contributed by atoms with Crippen LogP contribution in [0.5, 0.6) is 0 Å². The Morgan fingerprint density at radius 2 is 1.70 bits per heavy atom. The summed E-state index contributed by atoms with van der Waals surface area (Å²) in [6.07, 6.45) is 3.43. The van der Waals surface area contributed by atoms with Gasteiger partial charge in [0.05, 0.1) is 5.92 Å². The monoisotopic (exact) mass is 281 g/mol. The summed E-state index contributed by atoms with van der Waals surface area (Å²) >= 11 is 0. The Morgan fingerprint density at radius 1 is 1.10 bits per heavy atom. The van der Waals surface area contributed by atoms with E-state index in [1.807, 2.05) is 20.8 Å². The van der Waals surface area contributed by atoms with Crippen LogP contribution in [0.4, 0.5) is 0 Å². The summed E-state index contributed by atoms with van der Waals surface area (Å²) in [6, 6.07) is 0.0258. The molecule has 0 saturated heterocycles. The lowest BCUT2D eigenvalue weighted by Crippen LogP contribution is -2.47. The minimum absolute atomic E-state index is 0.00312. The van der Waals surface area contributed by atoms with Crippen molar-refractivity contribution < 1.29 is 9.59 Å². The number of hydrogen-bond acceptors (Lipinski definition) is 3. The smallest absolute Gasteiger partial charge is 0.225 e. The summed E-state index contributed by atoms with van der Waals surface area (Å²) in [7, 11) is 0. The van der Waals surface area contributed by atoms with E-state index >= 15 is 0 Å². The Morgan fingerprint density at radius 3 is 2.25 bits per heavy atom. The third-order valence-electron chi connectivity index (χ3n) is 4.67. The molecule has 2 aliphatic carbocycles. The van der Waals surface area contributed by atoms with Gasteiger partial charge in [-0.05, 0) is 31.1 Å². The summed E-state index contributed by atoms with van der Waals surface area (Å²) in [5.41, 5.74) is 5.75. The molecule has 2 bridgehead atoms. The van der Waals surface area contributed by atoms with Crippen LogP contribution in [0.3, 0.4) is 0 Å². The number of carbonyl (C=O) groups is 2. The van der Waals surface area contributed by atoms with Gasteiger partial charge in [0.15, 0.2) is 0 Å². The fourth-order valence-corrected chi connectivity index (χ4v) is 3.47. The molecule has 2 aliphatic rings. The van der Waals surface area contributed by atoms with E-state index in [1.165, 1.54) is 6.42 Å². The molecule has 4 atom stereocenters. The van der Waals surface area contributed by atoms with Gasteiger partial charge in [-0.25, -0.2) is 0 Å². The number of amides is 2. The molecule has 5 nitrogen and oxygen atoms in total. The largest absolute Gasteiger partial charge is 0.354 e. The topological polar surface area (TPSA) is 84.2 Å². The minimum atomic E-state index is -0.392. The lowest BCUT2D eigenvalue weighted by Gasteiger charge is -2.27. The van der Waals surface area contributed by atoms with Gasteiger partial charge in [-0.1, -0.05) is 20.8 Å². The zero-order valence-electron chi connectivity index (χ0n) is 12.7. The SMILES string of the molecule is CC(C)(C)C(=O)NCCNC(=O)C1C2CCC(C2)C1N. The number of nitrogens with one attached hydrogen (secondary N) is 2. The van der Waals surface area contributed by atoms with Crippen LogP contribution in [0.25, 0.3) is 0 Å². The number of carbonyl (C=O) groups excluding carboxylic acids is 2. The molecule has 0 aromatic heterocycles. The van der Waals surface area contributed by atoms with Gasteiger partial charge in [-0.2, -0.15) is 0 Å². The zero-order valence-corrected chi connectivity index (χ0v) is 12.7. The van der Waals surface area contributed by atoms with Crippen molar-refractivity contribution in [3.8, 4) is 0 Å². The zero-order chi connectivity index (χ0) is 14.9. The van der Waals surface area contributed by atoms with Crippen LogP contribution in [0.1, 0.15) is 40.0 Å². The van der Waals surface area contributed by atoms with E-state index in [0.717, 1.165) is 12.8 Å². The maximum absolute atomic E-state index is 12.2. The summed E-state index contributed by atoms with van der Waals surface area (Å²) < 4.78 is 0. The highest BCUT2D eigenvalue weighted by Gasteiger charge is 2.48. The van der Waals surface area contributed by atoms with Crippen molar-refractivity contribution in [1.82, 2.24) is 10.6 Å². The standard InChI is InChI=1S/C15H27N3O2/c1-15(2,3)14(20)18-7-6-17-13(19)11-9-4-5-10(8-9)12(11)16/h9-12H,4-8,16H2,1-3H3,(H,17,19)(H,18,20). The van der Waals surface area contributed by atoms with E-state index in [2.05, 4.69) is 10.6 Å². The molecule has 0 aliphatic heterocycles. The van der Waals surface area contributed by atoms with Gasteiger partial charge in [0.2, 0.25) is 11.8 Å². The van der Waals surface area contributed by atoms with Crippen molar-refractivity contribution in [2.24, 2.45) is 28.9 Å². The molecule has 0 radical (unpaired) electrons. The second-order valence-corrected chi connectivity index (χ2v) is 7.23. The summed E-state index contributed by atoms with van der Waals surface area (Å²) in [5, 5.41) is 5.74. The summed E-state index contributed by atoms with van der Waals surface area (Å²) in [5.74, 6) is 1.06. The molecule has 20 heavy (non-hydrogen) atoms. The van der Waals surface area contributed by atoms with Crippen molar-refractivity contribution in [2.45, 2.75) is 46.1 Å². The number of fused-ring (bicyclic) bond motifs is 2. The first kappa shape index (κ1) is 15.3. The van der Waals surface area contributed by atoms with E-state index in [9.17, 15) is 9.59 Å². The molecular weight excluding hydrogens is 254 g/mol. The molecule has 5 heteroatoms. The van der Waals surface area contributed by atoms with Gasteiger partial charge in [0, 0.05) is 24.5 Å². The van der Waals surface area contributed by atoms with Crippen LogP contribution in [-0.4, -0.2) is 30.9 Å². The molecule has 2 fully saturated rings. The van der Waals surface area contributed by atoms with E-state index in [-0.39, 0.29) is 23.8 Å². The van der Waals surface area contributed by atoms with Gasteiger partial charge in [-0.3, -0.25) is 9.59 Å². The van der Waals surface area contributed by atoms with Crippen molar-refractivity contribution in [2.75, 3.05) is 13.1 Å². The highest BCUT2D eigenvalue weighted by Crippen LogP contribution is 2.47. The highest BCUT2D eigenvalue weighted by molar-refractivity contribution is 5.82. The first-order valence-corrected chi connectivity index (χ1v) is 7.62. The van der Waals surface area contributed by atoms with Crippen molar-refractivity contribution in [3.05, 3.63) is 0 Å². The maximum Gasteiger partial charge on any atom is 0.225 e. The van der Waals surface area contributed by atoms with Gasteiger partial charge >= 0.3 is 0 Å². The van der Waals surface area contributed by atoms with Crippen LogP contribution < -0.4 is 16.4 Å². The molecule has 4 unspecified atom stereocenters. The molecular formula is C15H27N3O2. The van der Waals surface area contributed by atoms with Crippen molar-refractivity contribution in [3.63, 3.8) is 0 Å². The fourth-order valence-electron chi connectivity index (χ4n) is 3.47. The molecule has 2 saturated carbocycles. The lowest BCUT2D eigenvalue weighted by molar-refractivity contribution is -0.129. The maximum atomic E-state index is 12.2. The molecule has 2 rings (SSSR count). The van der Waals surface area contributed by atoms with Crippen molar-refractivity contribution in [1.29, 1.82) is 0 Å². The second kappa shape index (κ2) is 5.72. The fraction of sp³-hybridized carbons (Fsp3) is 0.867. The highest BCUT2D eigenvalue weighted by atomic mass is 16.2. The third-order valence-corrected chi connectivity index (χ3v) is 4.67. The van der Waals surface area contributed by atoms with Crippen LogP contribution in [-0.2, 0) is 9.59 Å². The molecule has 0 heterocycles. The van der Waals surface area contributed by atoms with Crippen LogP contribution >= 0.6 is 0 Å². The molecule has 114 valence electrons. The van der Waals surface area contributed by atoms with Gasteiger partial charge in [-0.15, -0.1) is 0 Å². The Balaban J connectivity index is 1.70. The van der Waals surface area contributed by atoms with Gasteiger partial charge < -0.3 is 16.4 Å². The van der Waals surface area contributed by atoms with Crippen LogP contribution in [0.15, 0.2) is 0 Å². The summed E-state index contributed by atoms with van der Waals surface area (Å²) in [4.78, 5) is 23.9. The quantitative estimate of drug-likeness (QED) is 0.661. The molecule has 0 aromatic rings. The lowest BCUT2D eigenvalue weighted by atomic mass is 9.84. The van der Waals surface area contributed by atoms with Gasteiger partial charge in [0.25, 0.3) is 0 Å². The second-order valence-electron chi connectivity index (χ2n) is 7.23. The first-order valence-electron chi connectivity index (χ1n) is 7.62. The average molecular weight is 281 g/mol. The van der Waals surface area contributed by atoms with E-state index in [0.29, 0.717) is 24.9 Å². The van der Waals surface area contributed by atoms with E-state index < -0.39 is 5.41 Å². The normalized spacial score (nSPS) is 32.2. The summed E-state index contributed by atoms with van der Waals surface area (Å²) in [6.45, 7) is 6.55. The molecule has 0 spiro atoms. The third kappa shape index (κ3) is 3.14. The Bertz CT molecular complexity index is 387.